The summed E-state index contributed by atoms with van der Waals surface area (Å²) in [6, 6.07) is -0.162. The summed E-state index contributed by atoms with van der Waals surface area (Å²) in [6.07, 6.45) is 2.19. The second kappa shape index (κ2) is 6.56. The molecule has 1 atom stereocenters. The lowest BCUT2D eigenvalue weighted by molar-refractivity contribution is 0.0557. The third-order valence-electron chi connectivity index (χ3n) is 3.41. The van der Waals surface area contributed by atoms with Crippen LogP contribution in [-0.4, -0.2) is 30.9 Å². The van der Waals surface area contributed by atoms with Gasteiger partial charge in [0.05, 0.1) is 12.3 Å². The predicted molar refractivity (Wildman–Crippen MR) is 69.8 cm³/mol. The van der Waals surface area contributed by atoms with E-state index >= 15 is 0 Å². The number of urea groups is 1. The van der Waals surface area contributed by atoms with E-state index in [9.17, 15) is 4.79 Å². The fraction of sp³-hybridized carbons (Fsp3) is 0.692. The standard InChI is InChI=1S/C13H21N3O3/c1-9-12(10(2)19-16-9)7-15-13(17)14-6-11-4-3-5-18-8-11/h11H,3-8H2,1-2H3,(H2,14,15,17). The van der Waals surface area contributed by atoms with E-state index in [-0.39, 0.29) is 6.03 Å². The molecule has 6 nitrogen and oxygen atoms in total. The van der Waals surface area contributed by atoms with Gasteiger partial charge in [0, 0.05) is 25.3 Å². The minimum absolute atomic E-state index is 0.162. The van der Waals surface area contributed by atoms with Crippen LogP contribution in [-0.2, 0) is 11.3 Å². The van der Waals surface area contributed by atoms with Crippen molar-refractivity contribution < 1.29 is 14.1 Å². The highest BCUT2D eigenvalue weighted by Crippen LogP contribution is 2.12. The molecule has 106 valence electrons. The van der Waals surface area contributed by atoms with Crippen molar-refractivity contribution >= 4 is 6.03 Å². The molecule has 2 amide bonds. The molecule has 1 aliphatic rings. The van der Waals surface area contributed by atoms with Gasteiger partial charge in [-0.25, -0.2) is 4.79 Å². The zero-order chi connectivity index (χ0) is 13.7. The van der Waals surface area contributed by atoms with Crippen LogP contribution in [0.1, 0.15) is 29.9 Å². The first-order valence-corrected chi connectivity index (χ1v) is 6.68. The molecular formula is C13H21N3O3. The maximum atomic E-state index is 11.7. The van der Waals surface area contributed by atoms with Gasteiger partial charge in [-0.05, 0) is 32.6 Å². The van der Waals surface area contributed by atoms with Gasteiger partial charge in [-0.1, -0.05) is 5.16 Å². The number of aromatic nitrogens is 1. The number of carbonyl (C=O) groups excluding carboxylic acids is 1. The number of carbonyl (C=O) groups is 1. The van der Waals surface area contributed by atoms with Gasteiger partial charge in [0.25, 0.3) is 0 Å². The molecule has 2 heterocycles. The Bertz CT molecular complexity index is 405. The number of aryl methyl sites for hydroxylation is 2. The Morgan fingerprint density at radius 2 is 2.26 bits per heavy atom. The van der Waals surface area contributed by atoms with Crippen molar-refractivity contribution in [3.63, 3.8) is 0 Å². The zero-order valence-corrected chi connectivity index (χ0v) is 11.5. The van der Waals surface area contributed by atoms with Crippen LogP contribution in [0.15, 0.2) is 4.52 Å². The lowest BCUT2D eigenvalue weighted by atomic mass is 10.0. The highest BCUT2D eigenvalue weighted by Gasteiger charge is 2.15. The fourth-order valence-corrected chi connectivity index (χ4v) is 2.19. The van der Waals surface area contributed by atoms with Crippen molar-refractivity contribution in [3.8, 4) is 0 Å². The first-order chi connectivity index (χ1) is 9.16. The Balaban J connectivity index is 1.69. The maximum Gasteiger partial charge on any atom is 0.315 e. The average Bonchev–Trinajstić information content (AvgIpc) is 2.75. The second-order valence-electron chi connectivity index (χ2n) is 4.95. The van der Waals surface area contributed by atoms with Crippen LogP contribution in [0.3, 0.4) is 0 Å². The van der Waals surface area contributed by atoms with E-state index in [1.54, 1.807) is 0 Å². The molecule has 1 fully saturated rings. The molecule has 1 unspecified atom stereocenters. The van der Waals surface area contributed by atoms with Crippen LogP contribution in [0.25, 0.3) is 0 Å². The summed E-state index contributed by atoms with van der Waals surface area (Å²) < 4.78 is 10.4. The maximum absolute atomic E-state index is 11.7. The van der Waals surface area contributed by atoms with Gasteiger partial charge in [0.15, 0.2) is 0 Å². The largest absolute Gasteiger partial charge is 0.381 e. The van der Waals surface area contributed by atoms with Crippen molar-refractivity contribution in [2.75, 3.05) is 19.8 Å². The number of nitrogens with zero attached hydrogens (tertiary/aromatic N) is 1. The second-order valence-corrected chi connectivity index (χ2v) is 4.95. The summed E-state index contributed by atoms with van der Waals surface area (Å²) in [5.41, 5.74) is 1.76. The van der Waals surface area contributed by atoms with Crippen LogP contribution in [0.2, 0.25) is 0 Å². The van der Waals surface area contributed by atoms with E-state index in [0.717, 1.165) is 43.1 Å². The van der Waals surface area contributed by atoms with Crippen LogP contribution >= 0.6 is 0 Å². The third-order valence-corrected chi connectivity index (χ3v) is 3.41. The highest BCUT2D eigenvalue weighted by atomic mass is 16.5. The van der Waals surface area contributed by atoms with E-state index < -0.39 is 0 Å². The first-order valence-electron chi connectivity index (χ1n) is 6.68. The number of rotatable bonds is 4. The molecule has 0 aliphatic carbocycles. The van der Waals surface area contributed by atoms with Crippen LogP contribution in [0.4, 0.5) is 4.79 Å². The molecule has 1 aliphatic heterocycles. The molecule has 0 saturated carbocycles. The van der Waals surface area contributed by atoms with Crippen molar-refractivity contribution in [1.82, 2.24) is 15.8 Å². The van der Waals surface area contributed by atoms with E-state index in [4.69, 9.17) is 9.26 Å². The lowest BCUT2D eigenvalue weighted by Gasteiger charge is -2.22. The Labute approximate surface area is 112 Å². The molecule has 19 heavy (non-hydrogen) atoms. The Hall–Kier alpha value is -1.56. The molecule has 0 aromatic carbocycles. The molecule has 1 saturated heterocycles. The van der Waals surface area contributed by atoms with Crippen LogP contribution in [0.5, 0.6) is 0 Å². The van der Waals surface area contributed by atoms with Crippen molar-refractivity contribution in [1.29, 1.82) is 0 Å². The van der Waals surface area contributed by atoms with Gasteiger partial charge in [-0.3, -0.25) is 0 Å². The predicted octanol–water partition coefficient (Wildman–Crippen LogP) is 1.52. The SMILES string of the molecule is Cc1noc(C)c1CNC(=O)NCC1CCCOC1. The number of hydrogen-bond acceptors (Lipinski definition) is 4. The van der Waals surface area contributed by atoms with Crippen LogP contribution in [0, 0.1) is 19.8 Å². The molecule has 0 bridgehead atoms. The molecule has 2 rings (SSSR count). The summed E-state index contributed by atoms with van der Waals surface area (Å²) in [5, 5.41) is 9.54. The molecule has 2 N–H and O–H groups in total. The molecule has 6 heteroatoms. The summed E-state index contributed by atoms with van der Waals surface area (Å²) in [4.78, 5) is 11.7. The van der Waals surface area contributed by atoms with E-state index in [2.05, 4.69) is 15.8 Å². The Kier molecular flexibility index (Phi) is 4.79. The van der Waals surface area contributed by atoms with Gasteiger partial charge in [0.2, 0.25) is 0 Å². The van der Waals surface area contributed by atoms with Gasteiger partial charge >= 0.3 is 6.03 Å². The minimum Gasteiger partial charge on any atom is -0.381 e. The quantitative estimate of drug-likeness (QED) is 0.867. The number of amides is 2. The molecule has 1 aromatic rings. The van der Waals surface area contributed by atoms with E-state index in [1.807, 2.05) is 13.8 Å². The summed E-state index contributed by atoms with van der Waals surface area (Å²) in [6.45, 7) is 6.39. The molecular weight excluding hydrogens is 246 g/mol. The van der Waals surface area contributed by atoms with Crippen molar-refractivity contribution in [3.05, 3.63) is 17.0 Å². The normalized spacial score (nSPS) is 19.2. The topological polar surface area (TPSA) is 76.4 Å². The minimum atomic E-state index is -0.162. The monoisotopic (exact) mass is 267 g/mol. The number of hydrogen-bond donors (Lipinski definition) is 2. The highest BCUT2D eigenvalue weighted by molar-refractivity contribution is 5.73. The molecule has 1 aromatic heterocycles. The lowest BCUT2D eigenvalue weighted by Crippen LogP contribution is -2.39. The van der Waals surface area contributed by atoms with Gasteiger partial charge in [-0.15, -0.1) is 0 Å². The van der Waals surface area contributed by atoms with E-state index in [1.165, 1.54) is 0 Å². The van der Waals surface area contributed by atoms with Crippen LogP contribution < -0.4 is 10.6 Å². The summed E-state index contributed by atoms with van der Waals surface area (Å²) in [7, 11) is 0. The van der Waals surface area contributed by atoms with Gasteiger partial charge in [-0.2, -0.15) is 0 Å². The van der Waals surface area contributed by atoms with Gasteiger partial charge < -0.3 is 19.9 Å². The van der Waals surface area contributed by atoms with Crippen molar-refractivity contribution in [2.45, 2.75) is 33.2 Å². The van der Waals surface area contributed by atoms with Gasteiger partial charge in [0.1, 0.15) is 5.76 Å². The Morgan fingerprint density at radius 3 is 2.89 bits per heavy atom. The van der Waals surface area contributed by atoms with E-state index in [0.29, 0.717) is 19.0 Å². The summed E-state index contributed by atoms with van der Waals surface area (Å²) in [5.74, 6) is 1.18. The number of nitrogens with one attached hydrogen (secondary N) is 2. The number of ether oxygens (including phenoxy) is 1. The average molecular weight is 267 g/mol. The zero-order valence-electron chi connectivity index (χ0n) is 11.5. The molecule has 0 radical (unpaired) electrons. The fourth-order valence-electron chi connectivity index (χ4n) is 2.19. The Morgan fingerprint density at radius 1 is 1.42 bits per heavy atom. The third kappa shape index (κ3) is 3.96. The summed E-state index contributed by atoms with van der Waals surface area (Å²) >= 11 is 0. The smallest absolute Gasteiger partial charge is 0.315 e. The van der Waals surface area contributed by atoms with Crippen molar-refractivity contribution in [2.24, 2.45) is 5.92 Å². The molecule has 0 spiro atoms. The first kappa shape index (κ1) is 13.9.